The number of ether oxygens (including phenoxy) is 2. The van der Waals surface area contributed by atoms with Crippen molar-refractivity contribution in [2.45, 2.75) is 297 Å². The lowest BCUT2D eigenvalue weighted by molar-refractivity contribution is -0.870. The molecule has 65 heavy (non-hydrogen) atoms. The lowest BCUT2D eigenvalue weighted by atomic mass is 9.90. The minimum Gasteiger partial charge on any atom is -0.756 e. The van der Waals surface area contributed by atoms with E-state index in [1.807, 2.05) is 21.1 Å². The summed E-state index contributed by atoms with van der Waals surface area (Å²) in [5, 5.41) is 0. The first-order valence-electron chi connectivity index (χ1n) is 28.7. The Bertz CT molecular complexity index is 995. The maximum absolute atomic E-state index is 13.4. The summed E-state index contributed by atoms with van der Waals surface area (Å²) in [4.78, 5) is 26.0. The topological polar surface area (TPSA) is 94.1 Å². The van der Waals surface area contributed by atoms with Crippen LogP contribution in [0.5, 0.6) is 0 Å². The molecule has 0 saturated carbocycles. The molecule has 0 fully saturated rings. The first kappa shape index (κ1) is 64.5. The van der Waals surface area contributed by atoms with E-state index in [4.69, 9.17) is 18.5 Å². The molecule has 0 aromatic carbocycles. The maximum atomic E-state index is 13.4. The number of quaternary nitrogens is 1. The second-order valence-corrected chi connectivity index (χ2v) is 22.5. The van der Waals surface area contributed by atoms with E-state index in [9.17, 15) is 14.3 Å². The van der Waals surface area contributed by atoms with E-state index in [1.165, 1.54) is 244 Å². The van der Waals surface area contributed by atoms with Crippen LogP contribution in [0.1, 0.15) is 290 Å². The SMILES string of the molecule is CCCCCCCCCCCCCCCCOC[C@H](COP(=O)([O-])OCC[N+](C)(C)C)OC(=O)CCC(CCCCCCCCCCCCCC)CCCCCCCCCCCCCC. The molecule has 0 heterocycles. The Balaban J connectivity index is 4.92. The largest absolute Gasteiger partial charge is 0.756 e. The van der Waals surface area contributed by atoms with Gasteiger partial charge >= 0.3 is 5.97 Å². The molecule has 0 amide bonds. The Hall–Kier alpha value is -0.500. The zero-order valence-electron chi connectivity index (χ0n) is 44.6. The van der Waals surface area contributed by atoms with Crippen molar-refractivity contribution in [1.82, 2.24) is 0 Å². The summed E-state index contributed by atoms with van der Waals surface area (Å²) < 4.78 is 35.5. The molecular formula is C56H114NO7P. The van der Waals surface area contributed by atoms with Crippen molar-refractivity contribution in [3.8, 4) is 0 Å². The Morgan fingerprint density at radius 3 is 1.14 bits per heavy atom. The molecule has 0 aliphatic rings. The van der Waals surface area contributed by atoms with Gasteiger partial charge in [0.25, 0.3) is 7.82 Å². The van der Waals surface area contributed by atoms with Crippen LogP contribution in [0.2, 0.25) is 0 Å². The van der Waals surface area contributed by atoms with E-state index in [0.29, 0.717) is 30.0 Å². The van der Waals surface area contributed by atoms with Gasteiger partial charge in [-0.05, 0) is 18.8 Å². The van der Waals surface area contributed by atoms with Crippen LogP contribution in [0.4, 0.5) is 0 Å². The van der Waals surface area contributed by atoms with E-state index in [0.717, 1.165) is 19.3 Å². The molecule has 0 rings (SSSR count). The van der Waals surface area contributed by atoms with Gasteiger partial charge in [0.15, 0.2) is 0 Å². The molecule has 1 unspecified atom stereocenters. The number of esters is 1. The van der Waals surface area contributed by atoms with Gasteiger partial charge in [-0.25, -0.2) is 0 Å². The molecule has 0 saturated heterocycles. The van der Waals surface area contributed by atoms with E-state index in [1.54, 1.807) is 0 Å². The van der Waals surface area contributed by atoms with Gasteiger partial charge in [-0.15, -0.1) is 0 Å². The summed E-state index contributed by atoms with van der Waals surface area (Å²) in [5.74, 6) is 0.219. The maximum Gasteiger partial charge on any atom is 0.306 e. The predicted molar refractivity (Wildman–Crippen MR) is 278 cm³/mol. The monoisotopic (exact) mass is 944 g/mol. The molecule has 0 radical (unpaired) electrons. The Kier molecular flexibility index (Phi) is 48.1. The number of carbonyl (C=O) groups excluding carboxylic acids is 1. The van der Waals surface area contributed by atoms with E-state index >= 15 is 0 Å². The molecule has 0 bridgehead atoms. The highest BCUT2D eigenvalue weighted by Gasteiger charge is 2.21. The number of unbranched alkanes of at least 4 members (excludes halogenated alkanes) is 35. The normalized spacial score (nSPS) is 13.5. The van der Waals surface area contributed by atoms with Gasteiger partial charge in [0.1, 0.15) is 19.3 Å². The van der Waals surface area contributed by atoms with Crippen molar-refractivity contribution in [3.63, 3.8) is 0 Å². The fourth-order valence-corrected chi connectivity index (χ4v) is 9.64. The van der Waals surface area contributed by atoms with Crippen molar-refractivity contribution in [2.24, 2.45) is 5.92 Å². The van der Waals surface area contributed by atoms with Crippen LogP contribution in [0, 0.1) is 5.92 Å². The summed E-state index contributed by atoms with van der Waals surface area (Å²) in [6, 6.07) is 0. The molecule has 0 aromatic rings. The second kappa shape index (κ2) is 48.5. The highest BCUT2D eigenvalue weighted by molar-refractivity contribution is 7.45. The predicted octanol–water partition coefficient (Wildman–Crippen LogP) is 17.2. The Labute approximate surface area is 406 Å². The van der Waals surface area contributed by atoms with Gasteiger partial charge in [0.05, 0.1) is 34.4 Å². The molecule has 0 N–H and O–H groups in total. The number of carbonyl (C=O) groups is 1. The zero-order chi connectivity index (χ0) is 47.8. The highest BCUT2D eigenvalue weighted by atomic mass is 31.2. The zero-order valence-corrected chi connectivity index (χ0v) is 45.5. The molecule has 0 aliphatic heterocycles. The molecular weight excluding hydrogens is 830 g/mol. The third-order valence-electron chi connectivity index (χ3n) is 13.4. The van der Waals surface area contributed by atoms with Gasteiger partial charge in [-0.1, -0.05) is 271 Å². The van der Waals surface area contributed by atoms with E-state index in [2.05, 4.69) is 20.8 Å². The minimum atomic E-state index is -4.55. The van der Waals surface area contributed by atoms with Crippen LogP contribution in [0.3, 0.4) is 0 Å². The van der Waals surface area contributed by atoms with Crippen molar-refractivity contribution >= 4 is 13.8 Å². The Morgan fingerprint density at radius 2 is 0.785 bits per heavy atom. The quantitative estimate of drug-likeness (QED) is 0.0259. The van der Waals surface area contributed by atoms with Crippen LogP contribution < -0.4 is 4.89 Å². The smallest absolute Gasteiger partial charge is 0.306 e. The number of rotatable bonds is 54. The number of phosphoric ester groups is 1. The molecule has 0 aromatic heterocycles. The van der Waals surface area contributed by atoms with Crippen LogP contribution >= 0.6 is 7.82 Å². The average Bonchev–Trinajstić information content (AvgIpc) is 3.27. The molecule has 390 valence electrons. The minimum absolute atomic E-state index is 0.0319. The molecule has 8 nitrogen and oxygen atoms in total. The van der Waals surface area contributed by atoms with Crippen LogP contribution in [-0.4, -0.2) is 70.7 Å². The van der Waals surface area contributed by atoms with Gasteiger partial charge < -0.3 is 27.9 Å². The second-order valence-electron chi connectivity index (χ2n) is 21.1. The van der Waals surface area contributed by atoms with Gasteiger partial charge in [0, 0.05) is 13.0 Å². The van der Waals surface area contributed by atoms with Crippen LogP contribution in [0.25, 0.3) is 0 Å². The van der Waals surface area contributed by atoms with Crippen molar-refractivity contribution in [2.75, 3.05) is 54.1 Å². The molecule has 0 spiro atoms. The molecule has 0 aliphatic carbocycles. The van der Waals surface area contributed by atoms with Crippen molar-refractivity contribution < 1.29 is 37.3 Å². The fraction of sp³-hybridized carbons (Fsp3) is 0.982. The van der Waals surface area contributed by atoms with Gasteiger partial charge in [-0.2, -0.15) is 0 Å². The third-order valence-corrected chi connectivity index (χ3v) is 14.3. The van der Waals surface area contributed by atoms with Crippen molar-refractivity contribution in [1.29, 1.82) is 0 Å². The number of likely N-dealkylation sites (N-methyl/N-ethyl adjacent to an activating group) is 1. The summed E-state index contributed by atoms with van der Waals surface area (Å²) in [5.41, 5.74) is 0. The standard InChI is InChI=1S/C56H114NO7P/c1-7-10-13-16-19-22-25-28-29-32-35-38-41-44-50-61-52-55(53-63-65(59,60)62-51-49-57(4,5)6)64-56(58)48-47-54(45-42-39-36-33-30-26-23-20-17-14-11-8-2)46-43-40-37-34-31-27-24-21-18-15-12-9-3/h54-55H,7-53H2,1-6H3/t55-/m1/s1. The lowest BCUT2D eigenvalue weighted by Crippen LogP contribution is -2.37. The number of phosphoric acid groups is 1. The highest BCUT2D eigenvalue weighted by Crippen LogP contribution is 2.38. The molecule has 9 heteroatoms. The number of nitrogens with zero attached hydrogens (tertiary/aromatic N) is 1. The van der Waals surface area contributed by atoms with Gasteiger partial charge in [-0.3, -0.25) is 9.36 Å². The number of hydrogen-bond donors (Lipinski definition) is 0. The summed E-state index contributed by atoms with van der Waals surface area (Å²) in [7, 11) is 1.38. The summed E-state index contributed by atoms with van der Waals surface area (Å²) in [6.45, 7) is 7.78. The van der Waals surface area contributed by atoms with Gasteiger partial charge in [0.2, 0.25) is 0 Å². The lowest BCUT2D eigenvalue weighted by Gasteiger charge is -2.28. The average molecular weight is 945 g/mol. The fourth-order valence-electron chi connectivity index (χ4n) is 8.92. The van der Waals surface area contributed by atoms with E-state index < -0.39 is 13.9 Å². The summed E-state index contributed by atoms with van der Waals surface area (Å²) in [6.07, 6.45) is 53.2. The Morgan fingerprint density at radius 1 is 0.446 bits per heavy atom. The third kappa shape index (κ3) is 51.2. The first-order valence-corrected chi connectivity index (χ1v) is 30.2. The summed E-state index contributed by atoms with van der Waals surface area (Å²) >= 11 is 0. The van der Waals surface area contributed by atoms with Crippen LogP contribution in [-0.2, 0) is 27.9 Å². The van der Waals surface area contributed by atoms with Crippen molar-refractivity contribution in [3.05, 3.63) is 0 Å². The van der Waals surface area contributed by atoms with E-state index in [-0.39, 0.29) is 25.8 Å². The molecule has 2 atom stereocenters. The van der Waals surface area contributed by atoms with Crippen LogP contribution in [0.15, 0.2) is 0 Å². The number of hydrogen-bond acceptors (Lipinski definition) is 7. The first-order chi connectivity index (χ1) is 31.5.